The molecule has 8 heteroatoms. The Labute approximate surface area is 224 Å². The first-order chi connectivity index (χ1) is 17.7. The zero-order valence-corrected chi connectivity index (χ0v) is 23.1. The number of piperidine rings is 1. The smallest absolute Gasteiger partial charge is 0.410 e. The standard InChI is InChI=1S/C30H38FNO6/c1-29(2,3)37-26(34)15-17-36-25-14-8-12-22(31)27(25)21-11-7-10-20(18-21)19-23-24(33)13-9-16-32(23)28(35)38-30(4,5)6/h7-8,10-12,14,18,23H,9,13,15-17,19H2,1-6H3. The van der Waals surface area contributed by atoms with E-state index in [1.807, 2.05) is 6.07 Å². The molecule has 1 unspecified atom stereocenters. The molecule has 0 bridgehead atoms. The minimum absolute atomic E-state index is 0.0235. The molecule has 1 amide bonds. The van der Waals surface area contributed by atoms with Crippen LogP contribution in [0.15, 0.2) is 42.5 Å². The van der Waals surface area contributed by atoms with Crippen LogP contribution in [-0.4, -0.2) is 53.1 Å². The van der Waals surface area contributed by atoms with E-state index in [2.05, 4.69) is 0 Å². The predicted molar refractivity (Wildman–Crippen MR) is 142 cm³/mol. The molecule has 1 heterocycles. The van der Waals surface area contributed by atoms with E-state index in [1.54, 1.807) is 71.9 Å². The Bertz CT molecular complexity index is 1160. The van der Waals surface area contributed by atoms with Crippen LogP contribution in [0, 0.1) is 5.82 Å². The van der Waals surface area contributed by atoms with Crippen molar-refractivity contribution in [1.82, 2.24) is 4.90 Å². The predicted octanol–water partition coefficient (Wildman–Crippen LogP) is 6.11. The van der Waals surface area contributed by atoms with Crippen molar-refractivity contribution in [1.29, 1.82) is 0 Å². The van der Waals surface area contributed by atoms with Gasteiger partial charge >= 0.3 is 12.1 Å². The molecule has 0 aliphatic carbocycles. The summed E-state index contributed by atoms with van der Waals surface area (Å²) in [4.78, 5) is 39.2. The summed E-state index contributed by atoms with van der Waals surface area (Å²) in [7, 11) is 0. The number of Topliss-reactive ketones (excluding diaryl/α,β-unsaturated/α-hetero) is 1. The second-order valence-electron chi connectivity index (χ2n) is 11.5. The number of carbonyl (C=O) groups excluding carboxylic acids is 3. The molecule has 0 spiro atoms. The summed E-state index contributed by atoms with van der Waals surface area (Å²) in [5.74, 6) is -0.593. The number of ketones is 1. The van der Waals surface area contributed by atoms with Crippen LogP contribution < -0.4 is 4.74 Å². The fraction of sp³-hybridized carbons (Fsp3) is 0.500. The highest BCUT2D eigenvalue weighted by Crippen LogP contribution is 2.34. The monoisotopic (exact) mass is 527 g/mol. The minimum atomic E-state index is -0.674. The Morgan fingerprint density at radius 2 is 1.68 bits per heavy atom. The molecule has 2 aromatic rings. The average molecular weight is 528 g/mol. The number of nitrogens with zero attached hydrogens (tertiary/aromatic N) is 1. The number of rotatable bonds is 7. The summed E-state index contributed by atoms with van der Waals surface area (Å²) < 4.78 is 31.7. The fourth-order valence-electron chi connectivity index (χ4n) is 4.30. The number of halogens is 1. The molecule has 1 saturated heterocycles. The molecule has 0 aromatic heterocycles. The Kier molecular flexibility index (Phi) is 9.18. The number of amides is 1. The molecule has 206 valence electrons. The van der Waals surface area contributed by atoms with Crippen molar-refractivity contribution in [2.75, 3.05) is 13.2 Å². The second-order valence-corrected chi connectivity index (χ2v) is 11.5. The second kappa shape index (κ2) is 12.0. The number of hydrogen-bond donors (Lipinski definition) is 0. The minimum Gasteiger partial charge on any atom is -0.492 e. The SMILES string of the molecule is CC(C)(C)OC(=O)CCOc1cccc(F)c1-c1cccc(CC2C(=O)CCCN2C(=O)OC(C)(C)C)c1. The van der Waals surface area contributed by atoms with Crippen LogP contribution in [-0.2, 0) is 25.5 Å². The summed E-state index contributed by atoms with van der Waals surface area (Å²) >= 11 is 0. The Morgan fingerprint density at radius 3 is 2.37 bits per heavy atom. The molecular weight excluding hydrogens is 489 g/mol. The van der Waals surface area contributed by atoms with Gasteiger partial charge in [-0.2, -0.15) is 0 Å². The van der Waals surface area contributed by atoms with Crippen LogP contribution in [0.2, 0.25) is 0 Å². The van der Waals surface area contributed by atoms with E-state index in [1.165, 1.54) is 11.0 Å². The third kappa shape index (κ3) is 8.30. The topological polar surface area (TPSA) is 82.1 Å². The van der Waals surface area contributed by atoms with Crippen LogP contribution >= 0.6 is 0 Å². The van der Waals surface area contributed by atoms with Crippen molar-refractivity contribution in [2.24, 2.45) is 0 Å². The van der Waals surface area contributed by atoms with E-state index in [4.69, 9.17) is 14.2 Å². The fourth-order valence-corrected chi connectivity index (χ4v) is 4.30. The summed E-state index contributed by atoms with van der Waals surface area (Å²) in [5.41, 5.74) is 0.337. The van der Waals surface area contributed by atoms with Gasteiger partial charge in [-0.1, -0.05) is 30.3 Å². The van der Waals surface area contributed by atoms with Crippen LogP contribution in [0.25, 0.3) is 11.1 Å². The molecule has 1 fully saturated rings. The first-order valence-electron chi connectivity index (χ1n) is 13.0. The van der Waals surface area contributed by atoms with Crippen molar-refractivity contribution in [2.45, 2.75) is 84.5 Å². The number of ether oxygens (including phenoxy) is 3. The summed E-state index contributed by atoms with van der Waals surface area (Å²) in [6.45, 7) is 11.2. The van der Waals surface area contributed by atoms with Crippen molar-refractivity contribution in [3.63, 3.8) is 0 Å². The summed E-state index contributed by atoms with van der Waals surface area (Å²) in [6, 6.07) is 11.1. The zero-order valence-electron chi connectivity index (χ0n) is 23.1. The molecule has 1 aliphatic rings. The number of hydrogen-bond acceptors (Lipinski definition) is 6. The van der Waals surface area contributed by atoms with Crippen LogP contribution in [0.1, 0.15) is 66.4 Å². The zero-order chi connectivity index (χ0) is 28.1. The lowest BCUT2D eigenvalue weighted by Crippen LogP contribution is -2.51. The van der Waals surface area contributed by atoms with Gasteiger partial charge in [0, 0.05) is 19.4 Å². The van der Waals surface area contributed by atoms with Gasteiger partial charge < -0.3 is 14.2 Å². The normalized spacial score (nSPS) is 16.2. The maximum atomic E-state index is 15.0. The summed E-state index contributed by atoms with van der Waals surface area (Å²) in [6.07, 6.45) is 0.786. The van der Waals surface area contributed by atoms with Gasteiger partial charge in [-0.05, 0) is 71.2 Å². The van der Waals surface area contributed by atoms with Gasteiger partial charge in [0.25, 0.3) is 0 Å². The largest absolute Gasteiger partial charge is 0.492 e. The van der Waals surface area contributed by atoms with Gasteiger partial charge in [0.1, 0.15) is 22.8 Å². The van der Waals surface area contributed by atoms with Gasteiger partial charge in [0.05, 0.1) is 24.6 Å². The molecule has 7 nitrogen and oxygen atoms in total. The first-order valence-corrected chi connectivity index (χ1v) is 13.0. The number of esters is 1. The van der Waals surface area contributed by atoms with Crippen LogP contribution in [0.5, 0.6) is 5.75 Å². The molecular formula is C30H38FNO6. The Balaban J connectivity index is 1.80. The van der Waals surface area contributed by atoms with Crippen molar-refractivity contribution >= 4 is 17.8 Å². The number of benzene rings is 2. The molecule has 1 aliphatic heterocycles. The van der Waals surface area contributed by atoms with Gasteiger partial charge in [0.2, 0.25) is 0 Å². The maximum absolute atomic E-state index is 15.0. The molecule has 3 rings (SSSR count). The van der Waals surface area contributed by atoms with E-state index >= 15 is 4.39 Å². The van der Waals surface area contributed by atoms with Gasteiger partial charge in [0.15, 0.2) is 5.78 Å². The lowest BCUT2D eigenvalue weighted by Gasteiger charge is -2.36. The summed E-state index contributed by atoms with van der Waals surface area (Å²) in [5, 5.41) is 0. The molecule has 1 atom stereocenters. The molecule has 0 saturated carbocycles. The Morgan fingerprint density at radius 1 is 1.00 bits per heavy atom. The van der Waals surface area contributed by atoms with E-state index in [9.17, 15) is 14.4 Å². The van der Waals surface area contributed by atoms with Crippen LogP contribution in [0.4, 0.5) is 9.18 Å². The van der Waals surface area contributed by atoms with Gasteiger partial charge in [-0.25, -0.2) is 9.18 Å². The van der Waals surface area contributed by atoms with Gasteiger partial charge in [-0.3, -0.25) is 14.5 Å². The quantitative estimate of drug-likeness (QED) is 0.404. The average Bonchev–Trinajstić information content (AvgIpc) is 2.78. The van der Waals surface area contributed by atoms with E-state index in [0.29, 0.717) is 30.7 Å². The lowest BCUT2D eigenvalue weighted by atomic mass is 9.93. The molecule has 0 N–H and O–H groups in total. The van der Waals surface area contributed by atoms with Crippen molar-refractivity contribution in [3.05, 3.63) is 53.8 Å². The maximum Gasteiger partial charge on any atom is 0.410 e. The highest BCUT2D eigenvalue weighted by atomic mass is 19.1. The molecule has 2 aromatic carbocycles. The third-order valence-electron chi connectivity index (χ3n) is 5.80. The van der Waals surface area contributed by atoms with Crippen molar-refractivity contribution in [3.8, 4) is 16.9 Å². The Hall–Kier alpha value is -3.42. The van der Waals surface area contributed by atoms with Crippen LogP contribution in [0.3, 0.4) is 0 Å². The first kappa shape index (κ1) is 29.1. The molecule has 0 radical (unpaired) electrons. The van der Waals surface area contributed by atoms with Crippen molar-refractivity contribution < 1.29 is 33.0 Å². The highest BCUT2D eigenvalue weighted by Gasteiger charge is 2.35. The number of likely N-dealkylation sites (tertiary alicyclic amines) is 1. The lowest BCUT2D eigenvalue weighted by molar-refractivity contribution is -0.155. The number of carbonyl (C=O) groups is 3. The highest BCUT2D eigenvalue weighted by molar-refractivity contribution is 5.89. The van der Waals surface area contributed by atoms with Gasteiger partial charge in [-0.15, -0.1) is 0 Å². The molecule has 38 heavy (non-hydrogen) atoms. The van der Waals surface area contributed by atoms with E-state index < -0.39 is 35.1 Å². The third-order valence-corrected chi connectivity index (χ3v) is 5.80. The van der Waals surface area contributed by atoms with E-state index in [-0.39, 0.29) is 30.8 Å². The van der Waals surface area contributed by atoms with E-state index in [0.717, 1.165) is 5.56 Å².